The molecule has 2 heterocycles. The summed E-state index contributed by atoms with van der Waals surface area (Å²) in [4.78, 5) is 31.8. The molecule has 0 saturated heterocycles. The third kappa shape index (κ3) is 4.65. The van der Waals surface area contributed by atoms with Crippen molar-refractivity contribution in [2.45, 2.75) is 6.92 Å². The van der Waals surface area contributed by atoms with Gasteiger partial charge in [-0.1, -0.05) is 52.8 Å². The van der Waals surface area contributed by atoms with E-state index in [9.17, 15) is 14.7 Å². The first-order valence-corrected chi connectivity index (χ1v) is 11.1. The van der Waals surface area contributed by atoms with Gasteiger partial charge in [-0.2, -0.15) is 0 Å². The van der Waals surface area contributed by atoms with E-state index < -0.39 is 11.7 Å². The molecule has 0 atom stereocenters. The Balaban J connectivity index is 1.66. The van der Waals surface area contributed by atoms with E-state index in [1.807, 2.05) is 49.4 Å². The lowest BCUT2D eigenvalue weighted by Gasteiger charge is -2.17. The van der Waals surface area contributed by atoms with Gasteiger partial charge in [0.25, 0.3) is 11.6 Å². The third-order valence-corrected chi connectivity index (χ3v) is 5.65. The van der Waals surface area contributed by atoms with Gasteiger partial charge in [-0.15, -0.1) is 0 Å². The Morgan fingerprint density at radius 1 is 1.21 bits per heavy atom. The van der Waals surface area contributed by atoms with Crippen LogP contribution in [0.4, 0.5) is 5.69 Å². The number of benzene rings is 2. The molecule has 1 aliphatic rings. The molecule has 10 heteroatoms. The Bertz CT molecular complexity index is 1230. The average Bonchev–Trinajstić information content (AvgIpc) is 3.32. The Kier molecular flexibility index (Phi) is 6.55. The topological polar surface area (TPSA) is 112 Å². The van der Waals surface area contributed by atoms with Crippen molar-refractivity contribution in [2.75, 3.05) is 17.3 Å². The van der Waals surface area contributed by atoms with Gasteiger partial charge in [0, 0.05) is 5.56 Å². The smallest absolute Gasteiger partial charge is 0.300 e. The molecule has 0 bridgehead atoms. The summed E-state index contributed by atoms with van der Waals surface area (Å²) in [5.41, 5.74) is 1.37. The lowest BCUT2D eigenvalue weighted by Crippen LogP contribution is -2.38. The third-order valence-electron chi connectivity index (χ3n) is 4.71. The van der Waals surface area contributed by atoms with Crippen LogP contribution >= 0.6 is 11.8 Å². The van der Waals surface area contributed by atoms with Crippen molar-refractivity contribution in [2.24, 2.45) is 12.0 Å². The van der Waals surface area contributed by atoms with Gasteiger partial charge in [0.2, 0.25) is 5.78 Å². The van der Waals surface area contributed by atoms with Gasteiger partial charge in [0.1, 0.15) is 11.4 Å². The number of thioether (sulfide) groups is 1. The number of carbonyl (C=O) groups excluding carboxylic acids is 2. The molecule has 0 aliphatic carbocycles. The average molecular weight is 465 g/mol. The molecule has 2 aromatic carbocycles. The van der Waals surface area contributed by atoms with Gasteiger partial charge in [0.15, 0.2) is 18.2 Å². The fourth-order valence-electron chi connectivity index (χ4n) is 3.24. The normalized spacial score (nSPS) is 14.6. The number of amidine groups is 1. The molecule has 0 N–H and O–H groups in total. The van der Waals surface area contributed by atoms with Crippen LogP contribution in [0.15, 0.2) is 69.8 Å². The highest BCUT2D eigenvalue weighted by Gasteiger charge is 2.33. The van der Waals surface area contributed by atoms with Crippen LogP contribution in [-0.2, 0) is 11.8 Å². The number of Topliss-reactive ketones (excluding diaryl/α,β-unsaturated/α-hetero) is 1. The number of aromatic nitrogens is 2. The number of para-hydroxylation sites is 2. The molecule has 0 radical (unpaired) electrons. The second-order valence-corrected chi connectivity index (χ2v) is 7.86. The second-order valence-electron chi connectivity index (χ2n) is 6.92. The van der Waals surface area contributed by atoms with Crippen LogP contribution in [0.5, 0.6) is 11.7 Å². The van der Waals surface area contributed by atoms with Crippen molar-refractivity contribution in [1.29, 1.82) is 0 Å². The van der Waals surface area contributed by atoms with Gasteiger partial charge < -0.3 is 14.4 Å². The lowest BCUT2D eigenvalue weighted by molar-refractivity contribution is -0.741. The number of carbonyl (C=O) groups is 2. The number of ether oxygens (including phenoxy) is 1. The van der Waals surface area contributed by atoms with E-state index in [1.165, 1.54) is 11.9 Å². The van der Waals surface area contributed by atoms with Crippen molar-refractivity contribution in [3.8, 4) is 11.7 Å². The van der Waals surface area contributed by atoms with Crippen molar-refractivity contribution in [3.05, 3.63) is 71.6 Å². The number of aryl methyl sites for hydroxylation is 1. The maximum atomic E-state index is 13.3. The first-order chi connectivity index (χ1) is 16.0. The highest BCUT2D eigenvalue weighted by molar-refractivity contribution is 8.14. The largest absolute Gasteiger partial charge is 0.539 e. The van der Waals surface area contributed by atoms with Crippen molar-refractivity contribution >= 4 is 40.4 Å². The summed E-state index contributed by atoms with van der Waals surface area (Å²) in [6.07, 6.45) is 1.66. The van der Waals surface area contributed by atoms with Crippen LogP contribution < -0.4 is 19.4 Å². The van der Waals surface area contributed by atoms with E-state index in [2.05, 4.69) is 14.8 Å². The molecular formula is C23H20N4O5S. The molecule has 0 spiro atoms. The summed E-state index contributed by atoms with van der Waals surface area (Å²) in [7, 11) is 1.45. The number of ketones is 1. The Morgan fingerprint density at radius 2 is 1.94 bits per heavy atom. The SMILES string of the molecule is CCOc1ccccc1/C=C1/N=C(SCC(=O)c2c([O-])on[n+]2C)N(c2ccccc2)C1=O. The van der Waals surface area contributed by atoms with E-state index in [-0.39, 0.29) is 23.1 Å². The molecular weight excluding hydrogens is 444 g/mol. The molecule has 168 valence electrons. The summed E-state index contributed by atoms with van der Waals surface area (Å²) in [6, 6.07) is 16.4. The fraction of sp³-hybridized carbons (Fsp3) is 0.174. The minimum absolute atomic E-state index is 0.122. The summed E-state index contributed by atoms with van der Waals surface area (Å²) in [5, 5.41) is 15.5. The molecule has 9 nitrogen and oxygen atoms in total. The lowest BCUT2D eigenvalue weighted by atomic mass is 10.1. The molecule has 4 rings (SSSR count). The maximum absolute atomic E-state index is 13.3. The van der Waals surface area contributed by atoms with E-state index in [4.69, 9.17) is 4.74 Å². The summed E-state index contributed by atoms with van der Waals surface area (Å²) < 4.78 is 11.3. The number of rotatable bonds is 7. The number of amides is 1. The number of hydrogen-bond donors (Lipinski definition) is 0. The predicted octanol–water partition coefficient (Wildman–Crippen LogP) is 2.33. The highest BCUT2D eigenvalue weighted by atomic mass is 32.2. The van der Waals surface area contributed by atoms with Crippen LogP contribution in [-0.4, -0.2) is 34.5 Å². The monoisotopic (exact) mass is 464 g/mol. The number of nitrogens with zero attached hydrogens (tertiary/aromatic N) is 4. The summed E-state index contributed by atoms with van der Waals surface area (Å²) in [6.45, 7) is 2.37. The van der Waals surface area contributed by atoms with Crippen LogP contribution in [0, 0.1) is 0 Å². The zero-order valence-electron chi connectivity index (χ0n) is 17.9. The molecule has 0 saturated carbocycles. The summed E-state index contributed by atoms with van der Waals surface area (Å²) in [5.74, 6) is -1.09. The van der Waals surface area contributed by atoms with Gasteiger partial charge >= 0.3 is 0 Å². The molecule has 33 heavy (non-hydrogen) atoms. The van der Waals surface area contributed by atoms with Crippen LogP contribution in [0.1, 0.15) is 23.0 Å². The molecule has 0 fully saturated rings. The minimum atomic E-state index is -0.805. The Morgan fingerprint density at radius 3 is 2.64 bits per heavy atom. The van der Waals surface area contributed by atoms with Crippen molar-refractivity contribution < 1.29 is 28.6 Å². The maximum Gasteiger partial charge on any atom is 0.300 e. The number of anilines is 1. The second kappa shape index (κ2) is 9.70. The Hall–Kier alpha value is -3.92. The van der Waals surface area contributed by atoms with E-state index in [1.54, 1.807) is 18.2 Å². The first-order valence-electron chi connectivity index (χ1n) is 10.1. The van der Waals surface area contributed by atoms with Gasteiger partial charge in [-0.05, 0) is 31.2 Å². The molecule has 3 aromatic rings. The van der Waals surface area contributed by atoms with Crippen LogP contribution in [0.3, 0.4) is 0 Å². The van der Waals surface area contributed by atoms with Gasteiger partial charge in [0.05, 0.1) is 23.3 Å². The first kappa shape index (κ1) is 22.3. The summed E-state index contributed by atoms with van der Waals surface area (Å²) >= 11 is 1.06. The van der Waals surface area contributed by atoms with Crippen LogP contribution in [0.2, 0.25) is 0 Å². The van der Waals surface area contributed by atoms with Crippen molar-refractivity contribution in [1.82, 2.24) is 5.27 Å². The predicted molar refractivity (Wildman–Crippen MR) is 121 cm³/mol. The highest BCUT2D eigenvalue weighted by Crippen LogP contribution is 2.31. The van der Waals surface area contributed by atoms with Gasteiger partial charge in [-0.3, -0.25) is 14.5 Å². The molecule has 1 aromatic heterocycles. The van der Waals surface area contributed by atoms with Crippen molar-refractivity contribution in [3.63, 3.8) is 0 Å². The van der Waals surface area contributed by atoms with Crippen LogP contribution in [0.25, 0.3) is 6.08 Å². The number of aliphatic imine (C=N–C) groups is 1. The molecule has 1 amide bonds. The van der Waals surface area contributed by atoms with E-state index >= 15 is 0 Å². The van der Waals surface area contributed by atoms with Gasteiger partial charge in [-0.25, -0.2) is 4.99 Å². The quantitative estimate of drug-likeness (QED) is 0.300. The zero-order chi connectivity index (χ0) is 23.4. The fourth-order valence-corrected chi connectivity index (χ4v) is 4.12. The minimum Gasteiger partial charge on any atom is -0.539 e. The molecule has 0 unspecified atom stereocenters. The van der Waals surface area contributed by atoms with E-state index in [0.717, 1.165) is 16.4 Å². The van der Waals surface area contributed by atoms with E-state index in [0.29, 0.717) is 28.8 Å². The number of hydrogen-bond acceptors (Lipinski definition) is 8. The zero-order valence-corrected chi connectivity index (χ0v) is 18.7. The Labute approximate surface area is 194 Å². The standard InChI is InChI=1S/C23H20N4O5S/c1-3-31-19-12-8-7-9-15(19)13-17-21(29)27(16-10-5-4-6-11-16)23(24-17)33-14-18(28)20-22(30)32-25-26(20)2/h4-13H,3,14H2,1-2H3/b17-13+. The molecule has 1 aliphatic heterocycles.